The first-order valence-electron chi connectivity index (χ1n) is 8.02. The van der Waals surface area contributed by atoms with Gasteiger partial charge in [0.05, 0.1) is 37.0 Å². The lowest BCUT2D eigenvalue weighted by molar-refractivity contribution is 0.0524. The lowest BCUT2D eigenvalue weighted by Crippen LogP contribution is -2.29. The Kier molecular flexibility index (Phi) is 5.23. The number of nitrogens with zero attached hydrogens (tertiary/aromatic N) is 2. The minimum Gasteiger partial charge on any atom is -0.497 e. The third kappa shape index (κ3) is 3.28. The molecule has 0 radical (unpaired) electrons. The normalized spacial score (nSPS) is 10.7. The first-order valence-corrected chi connectivity index (χ1v) is 8.40. The Morgan fingerprint density at radius 2 is 1.96 bits per heavy atom. The molecule has 0 aliphatic heterocycles. The summed E-state index contributed by atoms with van der Waals surface area (Å²) >= 11 is 6.33. The molecule has 3 aromatic rings. The van der Waals surface area contributed by atoms with Crippen LogP contribution >= 0.6 is 11.6 Å². The van der Waals surface area contributed by atoms with E-state index >= 15 is 0 Å². The zero-order chi connectivity index (χ0) is 18.7. The average Bonchev–Trinajstić information content (AvgIpc) is 2.66. The number of carbonyl (C=O) groups excluding carboxylic acids is 1. The molecule has 0 bridgehead atoms. The predicted molar refractivity (Wildman–Crippen MR) is 99.1 cm³/mol. The molecule has 3 rings (SSSR count). The number of rotatable bonds is 5. The summed E-state index contributed by atoms with van der Waals surface area (Å²) in [4.78, 5) is 29.3. The largest absolute Gasteiger partial charge is 0.497 e. The van der Waals surface area contributed by atoms with Gasteiger partial charge in [-0.25, -0.2) is 4.79 Å². The van der Waals surface area contributed by atoms with E-state index < -0.39 is 11.5 Å². The van der Waals surface area contributed by atoms with E-state index in [1.165, 1.54) is 4.57 Å². The second kappa shape index (κ2) is 7.58. The maximum absolute atomic E-state index is 13.0. The maximum atomic E-state index is 13.0. The van der Waals surface area contributed by atoms with Crippen LogP contribution in [0.25, 0.3) is 10.9 Å². The van der Waals surface area contributed by atoms with Gasteiger partial charge in [-0.1, -0.05) is 23.7 Å². The van der Waals surface area contributed by atoms with Gasteiger partial charge in [0, 0.05) is 11.6 Å². The zero-order valence-electron chi connectivity index (χ0n) is 14.4. The topological polar surface area (TPSA) is 70.4 Å². The summed E-state index contributed by atoms with van der Waals surface area (Å²) in [5.74, 6) is -0.0133. The van der Waals surface area contributed by atoms with Gasteiger partial charge in [-0.05, 0) is 30.7 Å². The summed E-state index contributed by atoms with van der Waals surface area (Å²) in [6, 6.07) is 8.99. The molecule has 0 spiro atoms. The molecule has 0 amide bonds. The van der Waals surface area contributed by atoms with Gasteiger partial charge >= 0.3 is 5.97 Å². The van der Waals surface area contributed by atoms with Gasteiger partial charge in [0.2, 0.25) is 0 Å². The quantitative estimate of drug-likeness (QED) is 0.643. The van der Waals surface area contributed by atoms with Crippen molar-refractivity contribution in [2.45, 2.75) is 13.5 Å². The highest BCUT2D eigenvalue weighted by Gasteiger charge is 2.22. The van der Waals surface area contributed by atoms with Crippen molar-refractivity contribution in [3.05, 3.63) is 69.2 Å². The molecule has 0 saturated carbocycles. The molecule has 0 N–H and O–H groups in total. The molecule has 0 aliphatic rings. The molecular formula is C19H17ClN2O4. The van der Waals surface area contributed by atoms with Crippen molar-refractivity contribution in [3.63, 3.8) is 0 Å². The minimum absolute atomic E-state index is 0.0804. The molecule has 1 aromatic carbocycles. The Balaban J connectivity index is 2.19. The molecule has 0 aliphatic carbocycles. The summed E-state index contributed by atoms with van der Waals surface area (Å²) in [5, 5.41) is 0.648. The number of fused-ring (bicyclic) bond motifs is 1. The Labute approximate surface area is 154 Å². The third-order valence-electron chi connectivity index (χ3n) is 3.99. The van der Waals surface area contributed by atoms with Crippen molar-refractivity contribution in [2.75, 3.05) is 13.7 Å². The fourth-order valence-corrected chi connectivity index (χ4v) is 3.03. The van der Waals surface area contributed by atoms with Crippen LogP contribution in [-0.2, 0) is 11.3 Å². The van der Waals surface area contributed by atoms with E-state index in [1.54, 1.807) is 32.5 Å². The van der Waals surface area contributed by atoms with Crippen LogP contribution in [-0.4, -0.2) is 29.2 Å². The monoisotopic (exact) mass is 372 g/mol. The number of benzene rings is 1. The van der Waals surface area contributed by atoms with Crippen molar-refractivity contribution in [1.82, 2.24) is 9.55 Å². The smallest absolute Gasteiger partial charge is 0.345 e. The predicted octanol–water partition coefficient (Wildman–Crippen LogP) is 3.28. The summed E-state index contributed by atoms with van der Waals surface area (Å²) in [6.07, 6.45) is 3.12. The molecule has 26 heavy (non-hydrogen) atoms. The van der Waals surface area contributed by atoms with Crippen molar-refractivity contribution >= 4 is 28.5 Å². The Morgan fingerprint density at radius 3 is 2.62 bits per heavy atom. The highest BCUT2D eigenvalue weighted by Crippen LogP contribution is 2.25. The number of halogens is 1. The molecule has 2 aromatic heterocycles. The van der Waals surface area contributed by atoms with Gasteiger partial charge in [0.15, 0.2) is 0 Å². The standard InChI is InChI=1S/C19H17ClN2O4/c1-3-26-19(24)16-17(20)14-8-9-21-10-15(14)22(18(16)23)11-12-4-6-13(25-2)7-5-12/h4-10H,3,11H2,1-2H3. The lowest BCUT2D eigenvalue weighted by atomic mass is 10.1. The molecule has 0 unspecified atom stereocenters. The molecule has 0 saturated heterocycles. The number of aromatic nitrogens is 2. The minimum atomic E-state index is -0.732. The number of esters is 1. The van der Waals surface area contributed by atoms with Crippen LogP contribution in [0.5, 0.6) is 5.75 Å². The summed E-state index contributed by atoms with van der Waals surface area (Å²) < 4.78 is 11.6. The fraction of sp³-hybridized carbons (Fsp3) is 0.211. The Morgan fingerprint density at radius 1 is 1.23 bits per heavy atom. The van der Waals surface area contributed by atoms with Gasteiger partial charge in [-0.2, -0.15) is 0 Å². The highest BCUT2D eigenvalue weighted by atomic mass is 35.5. The number of ether oxygens (including phenoxy) is 2. The number of carbonyl (C=O) groups is 1. The van der Waals surface area contributed by atoms with Crippen LogP contribution in [0, 0.1) is 0 Å². The van der Waals surface area contributed by atoms with E-state index in [0.29, 0.717) is 10.9 Å². The van der Waals surface area contributed by atoms with Crippen LogP contribution in [0.4, 0.5) is 0 Å². The van der Waals surface area contributed by atoms with Crippen molar-refractivity contribution in [3.8, 4) is 5.75 Å². The maximum Gasteiger partial charge on any atom is 0.345 e. The molecule has 134 valence electrons. The molecule has 0 fully saturated rings. The average molecular weight is 373 g/mol. The van der Waals surface area contributed by atoms with Crippen molar-refractivity contribution in [1.29, 1.82) is 0 Å². The molecule has 7 heteroatoms. The van der Waals surface area contributed by atoms with Gasteiger partial charge in [0.25, 0.3) is 5.56 Å². The first kappa shape index (κ1) is 17.9. The van der Waals surface area contributed by atoms with Crippen LogP contribution in [0.3, 0.4) is 0 Å². The number of hydrogen-bond donors (Lipinski definition) is 0. The molecule has 6 nitrogen and oxygen atoms in total. The second-order valence-corrected chi connectivity index (χ2v) is 5.92. The van der Waals surface area contributed by atoms with E-state index in [0.717, 1.165) is 11.3 Å². The van der Waals surface area contributed by atoms with E-state index in [-0.39, 0.29) is 23.7 Å². The van der Waals surface area contributed by atoms with Crippen LogP contribution < -0.4 is 10.3 Å². The molecular weight excluding hydrogens is 356 g/mol. The Hall–Kier alpha value is -2.86. The molecule has 0 atom stereocenters. The van der Waals surface area contributed by atoms with E-state index in [9.17, 15) is 9.59 Å². The summed E-state index contributed by atoms with van der Waals surface area (Å²) in [5.41, 5.74) is 0.743. The van der Waals surface area contributed by atoms with Gasteiger partial charge in [0.1, 0.15) is 11.3 Å². The van der Waals surface area contributed by atoms with Gasteiger partial charge < -0.3 is 14.0 Å². The van der Waals surface area contributed by atoms with E-state index in [1.807, 2.05) is 24.3 Å². The van der Waals surface area contributed by atoms with Gasteiger partial charge in [-0.3, -0.25) is 9.78 Å². The van der Waals surface area contributed by atoms with E-state index in [4.69, 9.17) is 21.1 Å². The lowest BCUT2D eigenvalue weighted by Gasteiger charge is -2.14. The number of hydrogen-bond acceptors (Lipinski definition) is 5. The number of pyridine rings is 2. The SMILES string of the molecule is CCOC(=O)c1c(Cl)c2ccncc2n(Cc2ccc(OC)cc2)c1=O. The van der Waals surface area contributed by atoms with E-state index in [2.05, 4.69) is 4.98 Å². The zero-order valence-corrected chi connectivity index (χ0v) is 15.1. The van der Waals surface area contributed by atoms with Crippen LogP contribution in [0.1, 0.15) is 22.8 Å². The van der Waals surface area contributed by atoms with Crippen LogP contribution in [0.15, 0.2) is 47.5 Å². The Bertz CT molecular complexity index is 1010. The third-order valence-corrected chi connectivity index (χ3v) is 4.38. The van der Waals surface area contributed by atoms with Crippen LogP contribution in [0.2, 0.25) is 5.02 Å². The van der Waals surface area contributed by atoms with Crippen molar-refractivity contribution in [2.24, 2.45) is 0 Å². The van der Waals surface area contributed by atoms with Crippen molar-refractivity contribution < 1.29 is 14.3 Å². The second-order valence-electron chi connectivity index (χ2n) is 5.54. The number of methoxy groups -OCH3 is 1. The van der Waals surface area contributed by atoms with Gasteiger partial charge in [-0.15, -0.1) is 0 Å². The summed E-state index contributed by atoms with van der Waals surface area (Å²) in [7, 11) is 1.59. The molecule has 2 heterocycles. The first-order chi connectivity index (χ1) is 12.6. The highest BCUT2D eigenvalue weighted by molar-refractivity contribution is 6.38. The fourth-order valence-electron chi connectivity index (χ4n) is 2.71. The summed E-state index contributed by atoms with van der Waals surface area (Å²) in [6.45, 7) is 2.09.